The molecule has 80 heavy (non-hydrogen) atoms. The zero-order chi connectivity index (χ0) is 59.2. The number of aliphatic hydroxyl groups excluding tert-OH is 1. The van der Waals surface area contributed by atoms with Gasteiger partial charge in [-0.05, 0) is 31.6 Å². The molecule has 0 amide bonds. The quantitative estimate of drug-likeness (QED) is 0.0222. The van der Waals surface area contributed by atoms with Crippen LogP contribution in [0.5, 0.6) is 0 Å². The van der Waals surface area contributed by atoms with Gasteiger partial charge in [0.25, 0.3) is 0 Å². The van der Waals surface area contributed by atoms with Crippen molar-refractivity contribution < 1.29 is 80.2 Å². The number of rotatable bonds is 61. The Balaban J connectivity index is 5.18. The summed E-state index contributed by atoms with van der Waals surface area (Å²) in [4.78, 5) is 71.9. The maximum Gasteiger partial charge on any atom is 0.472 e. The monoisotopic (exact) mass is 1180 g/mol. The number of hydrogen-bond donors (Lipinski definition) is 3. The summed E-state index contributed by atoms with van der Waals surface area (Å²) in [5.41, 5.74) is 0. The Morgan fingerprint density at radius 3 is 0.850 bits per heavy atom. The second-order valence-electron chi connectivity index (χ2n) is 22.6. The fraction of sp³-hybridized carbons (Fsp3) is 0.934. The summed E-state index contributed by atoms with van der Waals surface area (Å²) in [6.45, 7) is 7.04. The fourth-order valence-electron chi connectivity index (χ4n) is 9.05. The van der Waals surface area contributed by atoms with Crippen molar-refractivity contribution in [2.24, 2.45) is 5.92 Å². The van der Waals surface area contributed by atoms with Gasteiger partial charge in [-0.25, -0.2) is 9.13 Å². The van der Waals surface area contributed by atoms with Crippen molar-refractivity contribution in [1.29, 1.82) is 0 Å². The van der Waals surface area contributed by atoms with E-state index in [1.807, 2.05) is 0 Å². The van der Waals surface area contributed by atoms with Crippen LogP contribution in [0.15, 0.2) is 0 Å². The first-order valence-electron chi connectivity index (χ1n) is 32.1. The molecular weight excluding hydrogens is 1070 g/mol. The Morgan fingerprint density at radius 2 is 0.575 bits per heavy atom. The van der Waals surface area contributed by atoms with E-state index in [1.54, 1.807) is 0 Å². The van der Waals surface area contributed by atoms with Gasteiger partial charge in [0.15, 0.2) is 12.2 Å². The number of unbranched alkanes of at least 4 members (excludes halogenated alkanes) is 33. The highest BCUT2D eigenvalue weighted by Gasteiger charge is 2.30. The lowest BCUT2D eigenvalue weighted by Crippen LogP contribution is -2.30. The van der Waals surface area contributed by atoms with Gasteiger partial charge in [-0.1, -0.05) is 253 Å². The lowest BCUT2D eigenvalue weighted by molar-refractivity contribution is -0.161. The highest BCUT2D eigenvalue weighted by Crippen LogP contribution is 2.45. The van der Waals surface area contributed by atoms with E-state index in [0.29, 0.717) is 31.6 Å². The van der Waals surface area contributed by atoms with Gasteiger partial charge in [-0.2, -0.15) is 0 Å². The lowest BCUT2D eigenvalue weighted by atomic mass is 10.0. The minimum absolute atomic E-state index is 0.105. The Labute approximate surface area is 486 Å². The normalized spacial score (nSPS) is 14.3. The molecule has 0 aliphatic rings. The van der Waals surface area contributed by atoms with Crippen LogP contribution in [0.2, 0.25) is 0 Å². The Morgan fingerprint density at radius 1 is 0.338 bits per heavy atom. The van der Waals surface area contributed by atoms with Crippen molar-refractivity contribution in [3.05, 3.63) is 0 Å². The van der Waals surface area contributed by atoms with E-state index >= 15 is 0 Å². The lowest BCUT2D eigenvalue weighted by Gasteiger charge is -2.21. The van der Waals surface area contributed by atoms with E-state index in [0.717, 1.165) is 109 Å². The first-order chi connectivity index (χ1) is 38.5. The SMILES string of the molecule is CCCCCCCCCCCCCCCCCC(=O)O[C@H](COC(=O)CCCCCCCCC(C)C)COP(=O)(O)OC[C@@H](O)COP(=O)(O)OC[C@@H](COC(=O)CCCCCCCCC)OC(=O)CCCCCCCCCCC. The summed E-state index contributed by atoms with van der Waals surface area (Å²) >= 11 is 0. The molecule has 0 bridgehead atoms. The van der Waals surface area contributed by atoms with Gasteiger partial charge in [0.05, 0.1) is 26.4 Å². The molecule has 3 N–H and O–H groups in total. The number of esters is 4. The molecule has 19 heteroatoms. The maximum atomic E-state index is 12.9. The highest BCUT2D eigenvalue weighted by atomic mass is 31.2. The zero-order valence-corrected chi connectivity index (χ0v) is 53.0. The van der Waals surface area contributed by atoms with E-state index in [4.69, 9.17) is 37.0 Å². The Kier molecular flexibility index (Phi) is 53.6. The van der Waals surface area contributed by atoms with Crippen molar-refractivity contribution in [2.75, 3.05) is 39.6 Å². The molecule has 0 aromatic rings. The van der Waals surface area contributed by atoms with Crippen LogP contribution in [0.1, 0.15) is 304 Å². The van der Waals surface area contributed by atoms with Crippen molar-refractivity contribution >= 4 is 39.5 Å². The molecule has 0 spiro atoms. The molecular formula is C61H118O17P2. The third-order valence-corrected chi connectivity index (χ3v) is 15.9. The maximum absolute atomic E-state index is 12.9. The number of phosphoric acid groups is 2. The molecule has 0 aromatic carbocycles. The van der Waals surface area contributed by atoms with Crippen LogP contribution in [-0.2, 0) is 65.4 Å². The third-order valence-electron chi connectivity index (χ3n) is 14.0. The summed E-state index contributed by atoms with van der Waals surface area (Å²) in [6, 6.07) is 0. The summed E-state index contributed by atoms with van der Waals surface area (Å²) in [7, 11) is -9.87. The number of hydrogen-bond acceptors (Lipinski definition) is 15. The molecule has 0 aliphatic carbocycles. The van der Waals surface area contributed by atoms with Crippen molar-refractivity contribution in [3.8, 4) is 0 Å². The molecule has 0 aromatic heterocycles. The summed E-state index contributed by atoms with van der Waals surface area (Å²) < 4.78 is 67.7. The molecule has 0 saturated heterocycles. The number of aliphatic hydroxyl groups is 1. The zero-order valence-electron chi connectivity index (χ0n) is 51.2. The van der Waals surface area contributed by atoms with Gasteiger partial charge in [0.1, 0.15) is 19.3 Å². The van der Waals surface area contributed by atoms with E-state index in [-0.39, 0.29) is 25.7 Å². The smallest absolute Gasteiger partial charge is 0.462 e. The van der Waals surface area contributed by atoms with Crippen LogP contribution < -0.4 is 0 Å². The molecule has 0 saturated carbocycles. The van der Waals surface area contributed by atoms with Gasteiger partial charge in [0, 0.05) is 25.7 Å². The van der Waals surface area contributed by atoms with Crippen LogP contribution in [-0.4, -0.2) is 96.7 Å². The number of carbonyl (C=O) groups excluding carboxylic acids is 4. The van der Waals surface area contributed by atoms with Crippen molar-refractivity contribution in [3.63, 3.8) is 0 Å². The van der Waals surface area contributed by atoms with Crippen molar-refractivity contribution in [1.82, 2.24) is 0 Å². The van der Waals surface area contributed by atoms with E-state index in [2.05, 4.69) is 34.6 Å². The van der Waals surface area contributed by atoms with Gasteiger partial charge in [-0.15, -0.1) is 0 Å². The van der Waals surface area contributed by atoms with Crippen LogP contribution in [0.3, 0.4) is 0 Å². The van der Waals surface area contributed by atoms with Gasteiger partial charge in [-0.3, -0.25) is 37.3 Å². The molecule has 0 fully saturated rings. The summed E-state index contributed by atoms with van der Waals surface area (Å²) in [6.07, 6.45) is 37.8. The number of phosphoric ester groups is 2. The van der Waals surface area contributed by atoms with Crippen LogP contribution in [0, 0.1) is 5.92 Å². The standard InChI is InChI=1S/C61H118O17P2/c1-6-9-12-15-18-20-21-22-23-24-25-27-30-37-42-47-61(66)78-57(51-72-59(64)45-40-35-32-31-33-38-43-54(4)5)53-76-80(69,70)74-49-55(62)48-73-79(67,68)75-52-56(50-71-58(63)44-39-34-28-17-14-11-8-3)77-60(65)46-41-36-29-26-19-16-13-10-7-2/h54-57,62H,6-53H2,1-5H3,(H,67,68)(H,69,70)/t55-,56+,57+/m0/s1. The second-order valence-corrected chi connectivity index (χ2v) is 25.5. The average Bonchev–Trinajstić information content (AvgIpc) is 3.42. The Bertz CT molecular complexity index is 1570. The van der Waals surface area contributed by atoms with Gasteiger partial charge < -0.3 is 33.8 Å². The molecule has 0 radical (unpaired) electrons. The van der Waals surface area contributed by atoms with E-state index in [9.17, 15) is 43.2 Å². The fourth-order valence-corrected chi connectivity index (χ4v) is 10.6. The first-order valence-corrected chi connectivity index (χ1v) is 35.1. The predicted molar refractivity (Wildman–Crippen MR) is 317 cm³/mol. The number of ether oxygens (including phenoxy) is 4. The molecule has 0 heterocycles. The first kappa shape index (κ1) is 78.1. The minimum atomic E-state index is -4.94. The van der Waals surface area contributed by atoms with Crippen LogP contribution >= 0.6 is 15.6 Å². The molecule has 2 unspecified atom stereocenters. The van der Waals surface area contributed by atoms with Crippen LogP contribution in [0.25, 0.3) is 0 Å². The molecule has 0 aliphatic heterocycles. The molecule has 474 valence electrons. The molecule has 0 rings (SSSR count). The number of carbonyl (C=O) groups is 4. The van der Waals surface area contributed by atoms with E-state index in [1.165, 1.54) is 109 Å². The Hall–Kier alpha value is -1.94. The topological polar surface area (TPSA) is 237 Å². The van der Waals surface area contributed by atoms with Gasteiger partial charge in [0.2, 0.25) is 0 Å². The van der Waals surface area contributed by atoms with Crippen molar-refractivity contribution in [2.45, 2.75) is 323 Å². The van der Waals surface area contributed by atoms with E-state index < -0.39 is 97.5 Å². The summed E-state index contributed by atoms with van der Waals surface area (Å²) in [5, 5.41) is 10.5. The third kappa shape index (κ3) is 55.3. The minimum Gasteiger partial charge on any atom is -0.462 e. The average molecular weight is 1190 g/mol. The second kappa shape index (κ2) is 55.0. The molecule has 17 nitrogen and oxygen atoms in total. The molecule has 5 atom stereocenters. The highest BCUT2D eigenvalue weighted by molar-refractivity contribution is 7.47. The largest absolute Gasteiger partial charge is 0.472 e. The van der Waals surface area contributed by atoms with Gasteiger partial charge >= 0.3 is 39.5 Å². The van der Waals surface area contributed by atoms with Crippen LogP contribution in [0.4, 0.5) is 0 Å². The predicted octanol–water partition coefficient (Wildman–Crippen LogP) is 16.6. The summed E-state index contributed by atoms with van der Waals surface area (Å²) in [5.74, 6) is -1.46.